The number of halogens is 8. The van der Waals surface area contributed by atoms with Gasteiger partial charge in [0.25, 0.3) is 5.91 Å². The summed E-state index contributed by atoms with van der Waals surface area (Å²) >= 11 is 11.3. The predicted octanol–water partition coefficient (Wildman–Crippen LogP) is 5.36. The van der Waals surface area contributed by atoms with Gasteiger partial charge in [-0.1, -0.05) is 29.3 Å². The van der Waals surface area contributed by atoms with E-state index < -0.39 is 40.3 Å². The smallest absolute Gasteiger partial charge is 0.332 e. The maximum atomic E-state index is 13.6. The quantitative estimate of drug-likeness (QED) is 0.491. The third-order valence-corrected chi connectivity index (χ3v) is 4.10. The summed E-state index contributed by atoms with van der Waals surface area (Å²) in [5, 5.41) is 1.87. The van der Waals surface area contributed by atoms with E-state index in [1.54, 1.807) is 6.92 Å². The molecule has 0 atom stereocenters. The molecule has 2 N–H and O–H groups in total. The van der Waals surface area contributed by atoms with Crippen LogP contribution in [-0.4, -0.2) is 28.9 Å². The number of anilines is 1. The molecule has 0 unspecified atom stereocenters. The molecule has 4 nitrogen and oxygen atoms in total. The molecule has 0 spiro atoms. The lowest BCUT2D eigenvalue weighted by Gasteiger charge is -2.38. The fourth-order valence-electron chi connectivity index (χ4n) is 2.12. The number of rotatable bonds is 4. The van der Waals surface area contributed by atoms with Gasteiger partial charge in [0.05, 0.1) is 10.6 Å². The first kappa shape index (κ1) is 22.1. The SMILES string of the molecule is Cc1ccc(NC(NC(=O)c2ccc(Cl)cc2Cl)(C(F)(F)F)C(F)(F)F)nc1. The number of hydrogen-bond donors (Lipinski definition) is 2. The number of aromatic nitrogens is 1. The van der Waals surface area contributed by atoms with Crippen molar-refractivity contribution in [3.8, 4) is 0 Å². The van der Waals surface area contributed by atoms with Gasteiger partial charge in [0, 0.05) is 11.2 Å². The zero-order valence-electron chi connectivity index (χ0n) is 13.8. The fourth-order valence-corrected chi connectivity index (χ4v) is 2.61. The summed E-state index contributed by atoms with van der Waals surface area (Å²) in [6, 6.07) is 5.19. The topological polar surface area (TPSA) is 54.0 Å². The lowest BCUT2D eigenvalue weighted by atomic mass is 10.1. The number of carbonyl (C=O) groups is 1. The Kier molecular flexibility index (Phi) is 6.05. The average Bonchev–Trinajstić information content (AvgIpc) is 2.53. The van der Waals surface area contributed by atoms with Gasteiger partial charge in [-0.05, 0) is 36.8 Å². The molecule has 28 heavy (non-hydrogen) atoms. The predicted molar refractivity (Wildman–Crippen MR) is 91.4 cm³/mol. The van der Waals surface area contributed by atoms with Crippen LogP contribution in [-0.2, 0) is 0 Å². The highest BCUT2D eigenvalue weighted by Crippen LogP contribution is 2.43. The molecule has 0 saturated carbocycles. The van der Waals surface area contributed by atoms with E-state index in [9.17, 15) is 31.1 Å². The van der Waals surface area contributed by atoms with Gasteiger partial charge in [-0.3, -0.25) is 4.79 Å². The number of amides is 1. The molecule has 0 aliphatic rings. The molecule has 0 fully saturated rings. The molecule has 1 heterocycles. The summed E-state index contributed by atoms with van der Waals surface area (Å²) in [6.45, 7) is 1.54. The Labute approximate surface area is 164 Å². The Morgan fingerprint density at radius 2 is 1.61 bits per heavy atom. The minimum atomic E-state index is -5.98. The second-order valence-electron chi connectivity index (χ2n) is 5.67. The molecule has 1 aromatic carbocycles. The zero-order valence-corrected chi connectivity index (χ0v) is 15.4. The van der Waals surface area contributed by atoms with Gasteiger partial charge in [0.1, 0.15) is 5.82 Å². The van der Waals surface area contributed by atoms with Crippen molar-refractivity contribution in [2.45, 2.75) is 24.9 Å². The van der Waals surface area contributed by atoms with Crippen molar-refractivity contribution >= 4 is 34.9 Å². The van der Waals surface area contributed by atoms with Gasteiger partial charge in [-0.15, -0.1) is 0 Å². The molecular formula is C16H11Cl2F6N3O. The highest BCUT2D eigenvalue weighted by Gasteiger charge is 2.73. The minimum Gasteiger partial charge on any atom is -0.332 e. The molecular weight excluding hydrogens is 435 g/mol. The van der Waals surface area contributed by atoms with Crippen LogP contribution in [0, 0.1) is 6.92 Å². The summed E-state index contributed by atoms with van der Waals surface area (Å²) in [4.78, 5) is 15.7. The first-order valence-corrected chi connectivity index (χ1v) is 8.14. The van der Waals surface area contributed by atoms with Crippen molar-refractivity contribution in [1.82, 2.24) is 10.3 Å². The average molecular weight is 446 g/mol. The number of pyridine rings is 1. The van der Waals surface area contributed by atoms with Crippen molar-refractivity contribution in [3.63, 3.8) is 0 Å². The van der Waals surface area contributed by atoms with Crippen LogP contribution in [0.5, 0.6) is 0 Å². The lowest BCUT2D eigenvalue weighted by molar-refractivity contribution is -0.294. The number of aryl methyl sites for hydroxylation is 1. The van der Waals surface area contributed by atoms with E-state index in [1.165, 1.54) is 11.4 Å². The van der Waals surface area contributed by atoms with E-state index in [1.807, 2.05) is 0 Å². The normalized spacial score (nSPS) is 12.6. The van der Waals surface area contributed by atoms with Crippen molar-refractivity contribution in [1.29, 1.82) is 0 Å². The van der Waals surface area contributed by atoms with Crippen LogP contribution >= 0.6 is 23.2 Å². The van der Waals surface area contributed by atoms with E-state index >= 15 is 0 Å². The maximum absolute atomic E-state index is 13.6. The van der Waals surface area contributed by atoms with Gasteiger partial charge in [-0.2, -0.15) is 26.3 Å². The van der Waals surface area contributed by atoms with Crippen LogP contribution in [0.15, 0.2) is 36.5 Å². The summed E-state index contributed by atoms with van der Waals surface area (Å²) in [6.07, 6.45) is -10.9. The van der Waals surface area contributed by atoms with Gasteiger partial charge in [0.15, 0.2) is 0 Å². The Morgan fingerprint density at radius 1 is 1.00 bits per heavy atom. The molecule has 12 heteroatoms. The van der Waals surface area contributed by atoms with Crippen molar-refractivity contribution in [3.05, 3.63) is 57.7 Å². The molecule has 1 aromatic heterocycles. The van der Waals surface area contributed by atoms with Crippen LogP contribution < -0.4 is 10.6 Å². The van der Waals surface area contributed by atoms with E-state index in [0.29, 0.717) is 5.56 Å². The molecule has 2 aromatic rings. The van der Waals surface area contributed by atoms with Gasteiger partial charge in [-0.25, -0.2) is 4.98 Å². The summed E-state index contributed by atoms with van der Waals surface area (Å²) in [5.74, 6) is -2.46. The standard InChI is InChI=1S/C16H11Cl2F6N3O/c1-8-2-5-12(25-7-8)26-14(15(19,20)21,16(22,23)24)27-13(28)10-4-3-9(17)6-11(10)18/h2-7H,1H3,(H,25,26)(H,27,28). The highest BCUT2D eigenvalue weighted by molar-refractivity contribution is 6.36. The molecule has 0 radical (unpaired) electrons. The van der Waals surface area contributed by atoms with Crippen LogP contribution in [0.1, 0.15) is 15.9 Å². The molecule has 0 bridgehead atoms. The molecule has 0 aliphatic carbocycles. The zero-order chi connectivity index (χ0) is 21.3. The molecule has 1 amide bonds. The van der Waals surface area contributed by atoms with E-state index in [0.717, 1.165) is 35.8 Å². The third kappa shape index (κ3) is 4.44. The number of nitrogens with one attached hydrogen (secondary N) is 2. The first-order valence-electron chi connectivity index (χ1n) is 7.39. The number of hydrogen-bond acceptors (Lipinski definition) is 3. The fraction of sp³-hybridized carbons (Fsp3) is 0.250. The molecule has 152 valence electrons. The highest BCUT2D eigenvalue weighted by atomic mass is 35.5. The van der Waals surface area contributed by atoms with Crippen LogP contribution in [0.3, 0.4) is 0 Å². The Hall–Kier alpha value is -2.20. The second kappa shape index (κ2) is 7.67. The minimum absolute atomic E-state index is 0.0430. The summed E-state index contributed by atoms with van der Waals surface area (Å²) < 4.78 is 81.6. The van der Waals surface area contributed by atoms with Crippen LogP contribution in [0.4, 0.5) is 32.2 Å². The van der Waals surface area contributed by atoms with Crippen molar-refractivity contribution in [2.24, 2.45) is 0 Å². The second-order valence-corrected chi connectivity index (χ2v) is 6.51. The summed E-state index contributed by atoms with van der Waals surface area (Å²) in [5.41, 5.74) is -4.93. The Bertz CT molecular complexity index is 854. The summed E-state index contributed by atoms with van der Waals surface area (Å²) in [7, 11) is 0. The Balaban J connectivity index is 2.53. The van der Waals surface area contributed by atoms with E-state index in [-0.39, 0.29) is 5.02 Å². The van der Waals surface area contributed by atoms with Gasteiger partial charge in [0.2, 0.25) is 0 Å². The Morgan fingerprint density at radius 3 is 2.07 bits per heavy atom. The van der Waals surface area contributed by atoms with E-state index in [2.05, 4.69) is 4.98 Å². The first-order chi connectivity index (χ1) is 12.8. The monoisotopic (exact) mass is 445 g/mol. The molecule has 0 saturated heterocycles. The number of alkyl halides is 6. The maximum Gasteiger partial charge on any atom is 0.439 e. The van der Waals surface area contributed by atoms with E-state index in [4.69, 9.17) is 23.2 Å². The molecule has 0 aliphatic heterocycles. The molecule has 2 rings (SSSR count). The van der Waals surface area contributed by atoms with Crippen molar-refractivity contribution < 1.29 is 31.1 Å². The van der Waals surface area contributed by atoms with Crippen LogP contribution in [0.25, 0.3) is 0 Å². The number of nitrogens with zero attached hydrogens (tertiary/aromatic N) is 1. The largest absolute Gasteiger partial charge is 0.439 e. The number of carbonyl (C=O) groups excluding carboxylic acids is 1. The number of benzene rings is 1. The van der Waals surface area contributed by atoms with Gasteiger partial charge >= 0.3 is 18.0 Å². The van der Waals surface area contributed by atoms with Crippen LogP contribution in [0.2, 0.25) is 10.0 Å². The lowest BCUT2D eigenvalue weighted by Crippen LogP contribution is -2.72. The van der Waals surface area contributed by atoms with Crippen molar-refractivity contribution in [2.75, 3.05) is 5.32 Å². The third-order valence-electron chi connectivity index (χ3n) is 3.55. The van der Waals surface area contributed by atoms with Gasteiger partial charge < -0.3 is 10.6 Å².